The Morgan fingerprint density at radius 2 is 1.44 bits per heavy atom. The van der Waals surface area contributed by atoms with Crippen molar-refractivity contribution in [2.75, 3.05) is 10.8 Å². The molecule has 1 aliphatic rings. The number of carbonyl (C=O) groups is 2. The number of nitrogens with zero attached hydrogens (tertiary/aromatic N) is 2. The first-order valence-corrected chi connectivity index (χ1v) is 15.9. The van der Waals surface area contributed by atoms with Crippen molar-refractivity contribution < 1.29 is 18.0 Å². The van der Waals surface area contributed by atoms with Gasteiger partial charge in [-0.05, 0) is 75.6 Å². The number of nitrogens with one attached hydrogen (secondary N) is 1. The SMILES string of the molecule is Cc1ccc(N(CC(=O)N(Cc2ccc(Cl)cc2)C(C)C(=O)NC2CCCCC2)S(=O)(=O)c2ccc(C)cc2)cc1. The maximum absolute atomic E-state index is 14.0. The van der Waals surface area contributed by atoms with Crippen LogP contribution in [-0.2, 0) is 26.2 Å². The number of anilines is 1. The van der Waals surface area contributed by atoms with Crippen LogP contribution >= 0.6 is 11.6 Å². The highest BCUT2D eigenvalue weighted by Gasteiger charge is 2.33. The molecule has 218 valence electrons. The van der Waals surface area contributed by atoms with Crippen LogP contribution in [0.1, 0.15) is 55.7 Å². The molecule has 1 atom stereocenters. The zero-order valence-electron chi connectivity index (χ0n) is 23.8. The summed E-state index contributed by atoms with van der Waals surface area (Å²) >= 11 is 6.08. The average Bonchev–Trinajstić information content (AvgIpc) is 2.96. The van der Waals surface area contributed by atoms with Gasteiger partial charge in [0.2, 0.25) is 11.8 Å². The third-order valence-electron chi connectivity index (χ3n) is 7.59. The van der Waals surface area contributed by atoms with E-state index in [0.717, 1.165) is 53.1 Å². The van der Waals surface area contributed by atoms with Crippen LogP contribution in [-0.4, -0.2) is 43.8 Å². The van der Waals surface area contributed by atoms with Gasteiger partial charge in [-0.2, -0.15) is 0 Å². The first-order valence-electron chi connectivity index (χ1n) is 14.0. The number of amides is 2. The Morgan fingerprint density at radius 3 is 2.02 bits per heavy atom. The molecule has 0 saturated heterocycles. The quantitative estimate of drug-likeness (QED) is 0.311. The summed E-state index contributed by atoms with van der Waals surface area (Å²) in [6, 6.07) is 19.9. The van der Waals surface area contributed by atoms with E-state index in [1.807, 2.05) is 26.0 Å². The van der Waals surface area contributed by atoms with Gasteiger partial charge < -0.3 is 10.2 Å². The molecule has 9 heteroatoms. The Bertz CT molecular complexity index is 1440. The van der Waals surface area contributed by atoms with Crippen molar-refractivity contribution >= 4 is 39.1 Å². The molecule has 1 unspecified atom stereocenters. The topological polar surface area (TPSA) is 86.8 Å². The molecule has 1 saturated carbocycles. The van der Waals surface area contributed by atoms with E-state index >= 15 is 0 Å². The highest BCUT2D eigenvalue weighted by Crippen LogP contribution is 2.26. The lowest BCUT2D eigenvalue weighted by molar-refractivity contribution is -0.139. The molecule has 3 aromatic rings. The van der Waals surface area contributed by atoms with Gasteiger partial charge in [0.25, 0.3) is 10.0 Å². The van der Waals surface area contributed by atoms with E-state index in [0.29, 0.717) is 10.7 Å². The minimum Gasteiger partial charge on any atom is -0.352 e. The molecule has 0 spiro atoms. The van der Waals surface area contributed by atoms with Crippen LogP contribution in [0, 0.1) is 13.8 Å². The largest absolute Gasteiger partial charge is 0.352 e. The van der Waals surface area contributed by atoms with Crippen LogP contribution in [0.15, 0.2) is 77.7 Å². The van der Waals surface area contributed by atoms with Crippen LogP contribution < -0.4 is 9.62 Å². The van der Waals surface area contributed by atoms with Crippen LogP contribution in [0.25, 0.3) is 0 Å². The van der Waals surface area contributed by atoms with Gasteiger partial charge in [-0.1, -0.05) is 78.4 Å². The predicted molar refractivity (Wildman–Crippen MR) is 163 cm³/mol. The number of hydrogen-bond donors (Lipinski definition) is 1. The molecule has 7 nitrogen and oxygen atoms in total. The lowest BCUT2D eigenvalue weighted by atomic mass is 9.95. The number of benzene rings is 3. The van der Waals surface area contributed by atoms with E-state index < -0.39 is 28.5 Å². The van der Waals surface area contributed by atoms with Crippen LogP contribution in [0.4, 0.5) is 5.69 Å². The first kappa shape index (κ1) is 30.6. The fraction of sp³-hybridized carbons (Fsp3) is 0.375. The zero-order valence-corrected chi connectivity index (χ0v) is 25.4. The summed E-state index contributed by atoms with van der Waals surface area (Å²) in [5.74, 6) is -0.731. The van der Waals surface area contributed by atoms with Gasteiger partial charge in [-0.15, -0.1) is 0 Å². The summed E-state index contributed by atoms with van der Waals surface area (Å²) < 4.78 is 28.9. The lowest BCUT2D eigenvalue weighted by Crippen LogP contribution is -2.53. The third-order valence-corrected chi connectivity index (χ3v) is 9.63. The Morgan fingerprint density at radius 1 is 0.878 bits per heavy atom. The average molecular weight is 596 g/mol. The zero-order chi connectivity index (χ0) is 29.6. The maximum atomic E-state index is 14.0. The van der Waals surface area contributed by atoms with Crippen molar-refractivity contribution in [3.8, 4) is 0 Å². The number of rotatable bonds is 10. The minimum absolute atomic E-state index is 0.0807. The molecule has 2 amide bonds. The second-order valence-electron chi connectivity index (χ2n) is 10.8. The molecule has 0 bridgehead atoms. The van der Waals surface area contributed by atoms with E-state index in [1.54, 1.807) is 67.6 Å². The van der Waals surface area contributed by atoms with Crippen molar-refractivity contribution in [2.45, 2.75) is 76.4 Å². The highest BCUT2D eigenvalue weighted by atomic mass is 35.5. The molecular formula is C32H38ClN3O4S. The molecular weight excluding hydrogens is 558 g/mol. The number of carbonyl (C=O) groups excluding carboxylic acids is 2. The molecule has 41 heavy (non-hydrogen) atoms. The molecule has 1 fully saturated rings. The summed E-state index contributed by atoms with van der Waals surface area (Å²) in [6.07, 6.45) is 5.12. The lowest BCUT2D eigenvalue weighted by Gasteiger charge is -2.33. The smallest absolute Gasteiger partial charge is 0.264 e. The van der Waals surface area contributed by atoms with Crippen molar-refractivity contribution in [2.24, 2.45) is 0 Å². The molecule has 0 heterocycles. The number of halogens is 1. The van der Waals surface area contributed by atoms with Crippen molar-refractivity contribution in [3.05, 3.63) is 94.5 Å². The number of aryl methyl sites for hydroxylation is 2. The van der Waals surface area contributed by atoms with Gasteiger partial charge in [0, 0.05) is 17.6 Å². The van der Waals surface area contributed by atoms with Gasteiger partial charge in [-0.3, -0.25) is 13.9 Å². The van der Waals surface area contributed by atoms with E-state index in [4.69, 9.17) is 11.6 Å². The molecule has 0 aromatic heterocycles. The normalized spacial score (nSPS) is 14.7. The molecule has 4 rings (SSSR count). The Labute approximate surface area is 248 Å². The highest BCUT2D eigenvalue weighted by molar-refractivity contribution is 7.92. The molecule has 3 aromatic carbocycles. The second-order valence-corrected chi connectivity index (χ2v) is 13.1. The standard InChI is InChI=1S/C32H38ClN3O4S/c1-23-9-17-29(18-10-23)36(41(39,40)30-19-11-24(2)12-20-30)22-31(37)35(21-26-13-15-27(33)16-14-26)25(3)32(38)34-28-7-5-4-6-8-28/h9-20,25,28H,4-8,21-22H2,1-3H3,(H,34,38). The minimum atomic E-state index is -4.09. The van der Waals surface area contributed by atoms with Gasteiger partial charge in [-0.25, -0.2) is 8.42 Å². The van der Waals surface area contributed by atoms with E-state index in [9.17, 15) is 18.0 Å². The fourth-order valence-corrected chi connectivity index (χ4v) is 6.56. The van der Waals surface area contributed by atoms with E-state index in [2.05, 4.69) is 5.32 Å². The molecule has 1 aliphatic carbocycles. The maximum Gasteiger partial charge on any atom is 0.264 e. The van der Waals surface area contributed by atoms with Crippen LogP contribution in [0.5, 0.6) is 0 Å². The van der Waals surface area contributed by atoms with Gasteiger partial charge in [0.05, 0.1) is 10.6 Å². The summed E-state index contributed by atoms with van der Waals surface area (Å²) in [6.45, 7) is 5.15. The summed E-state index contributed by atoms with van der Waals surface area (Å²) in [4.78, 5) is 29.0. The summed E-state index contributed by atoms with van der Waals surface area (Å²) in [5, 5.41) is 3.68. The molecule has 0 radical (unpaired) electrons. The Kier molecular flexibility index (Phi) is 10.1. The third kappa shape index (κ3) is 7.89. The van der Waals surface area contributed by atoms with Gasteiger partial charge in [0.1, 0.15) is 12.6 Å². The Hall–Kier alpha value is -3.36. The summed E-state index contributed by atoms with van der Waals surface area (Å²) in [7, 11) is -4.09. The predicted octanol–water partition coefficient (Wildman–Crippen LogP) is 6.02. The van der Waals surface area contributed by atoms with Crippen LogP contribution in [0.2, 0.25) is 5.02 Å². The van der Waals surface area contributed by atoms with E-state index in [1.165, 1.54) is 4.90 Å². The van der Waals surface area contributed by atoms with Crippen molar-refractivity contribution in [3.63, 3.8) is 0 Å². The van der Waals surface area contributed by atoms with E-state index in [-0.39, 0.29) is 23.4 Å². The van der Waals surface area contributed by atoms with Gasteiger partial charge >= 0.3 is 0 Å². The Balaban J connectivity index is 1.66. The molecule has 0 aliphatic heterocycles. The van der Waals surface area contributed by atoms with Crippen LogP contribution in [0.3, 0.4) is 0 Å². The van der Waals surface area contributed by atoms with Crippen molar-refractivity contribution in [1.82, 2.24) is 10.2 Å². The fourth-order valence-electron chi connectivity index (χ4n) is 5.02. The molecule has 1 N–H and O–H groups in total. The second kappa shape index (κ2) is 13.5. The first-order chi connectivity index (χ1) is 19.5. The van der Waals surface area contributed by atoms with Gasteiger partial charge in [0.15, 0.2) is 0 Å². The number of sulfonamides is 1. The number of hydrogen-bond acceptors (Lipinski definition) is 4. The monoisotopic (exact) mass is 595 g/mol. The van der Waals surface area contributed by atoms with Crippen molar-refractivity contribution in [1.29, 1.82) is 0 Å². The summed E-state index contributed by atoms with van der Waals surface area (Å²) in [5.41, 5.74) is 3.04.